The second-order valence-electron chi connectivity index (χ2n) is 3.21. The van der Waals surface area contributed by atoms with Crippen LogP contribution in [0.4, 0.5) is 0 Å². The highest BCUT2D eigenvalue weighted by Gasteiger charge is 2.08. The number of benzene rings is 1. The SMILES string of the molecule is CCN(C)C(=S)c1ccc(O)c(OC)c1. The van der Waals surface area contributed by atoms with E-state index in [4.69, 9.17) is 17.0 Å². The van der Waals surface area contributed by atoms with Gasteiger partial charge in [-0.25, -0.2) is 0 Å². The Morgan fingerprint density at radius 1 is 1.53 bits per heavy atom. The van der Waals surface area contributed by atoms with Crippen LogP contribution in [0.2, 0.25) is 0 Å². The van der Waals surface area contributed by atoms with E-state index < -0.39 is 0 Å². The quantitative estimate of drug-likeness (QED) is 0.798. The Morgan fingerprint density at radius 3 is 2.73 bits per heavy atom. The minimum absolute atomic E-state index is 0.128. The van der Waals surface area contributed by atoms with Gasteiger partial charge in [-0.15, -0.1) is 0 Å². The van der Waals surface area contributed by atoms with E-state index >= 15 is 0 Å². The fraction of sp³-hybridized carbons (Fsp3) is 0.364. The van der Waals surface area contributed by atoms with Crippen molar-refractivity contribution in [2.24, 2.45) is 0 Å². The highest BCUT2D eigenvalue weighted by atomic mass is 32.1. The summed E-state index contributed by atoms with van der Waals surface area (Å²) in [5, 5.41) is 9.43. The lowest BCUT2D eigenvalue weighted by atomic mass is 10.2. The molecule has 0 fully saturated rings. The second-order valence-corrected chi connectivity index (χ2v) is 3.59. The molecule has 1 N–H and O–H groups in total. The molecule has 1 aromatic carbocycles. The maximum Gasteiger partial charge on any atom is 0.161 e. The Balaban J connectivity index is 3.01. The molecule has 0 aliphatic heterocycles. The molecule has 4 heteroatoms. The third kappa shape index (κ3) is 2.59. The maximum absolute atomic E-state index is 9.43. The summed E-state index contributed by atoms with van der Waals surface area (Å²) < 4.78 is 5.02. The number of aromatic hydroxyl groups is 1. The van der Waals surface area contributed by atoms with Gasteiger partial charge in [0.2, 0.25) is 0 Å². The topological polar surface area (TPSA) is 32.7 Å². The molecule has 82 valence electrons. The predicted octanol–water partition coefficient (Wildman–Crippen LogP) is 2.03. The van der Waals surface area contributed by atoms with Gasteiger partial charge in [-0.1, -0.05) is 12.2 Å². The van der Waals surface area contributed by atoms with Crippen molar-refractivity contribution in [2.45, 2.75) is 6.92 Å². The van der Waals surface area contributed by atoms with Crippen LogP contribution < -0.4 is 4.74 Å². The van der Waals surface area contributed by atoms with Crippen molar-refractivity contribution in [3.05, 3.63) is 23.8 Å². The van der Waals surface area contributed by atoms with Gasteiger partial charge in [-0.05, 0) is 25.1 Å². The van der Waals surface area contributed by atoms with Crippen LogP contribution in [0.5, 0.6) is 11.5 Å². The Morgan fingerprint density at radius 2 is 2.20 bits per heavy atom. The first kappa shape index (κ1) is 11.8. The fourth-order valence-corrected chi connectivity index (χ4v) is 1.43. The zero-order valence-electron chi connectivity index (χ0n) is 9.15. The number of methoxy groups -OCH3 is 1. The van der Waals surface area contributed by atoms with E-state index in [9.17, 15) is 5.11 Å². The lowest BCUT2D eigenvalue weighted by molar-refractivity contribution is 0.373. The fourth-order valence-electron chi connectivity index (χ4n) is 1.17. The van der Waals surface area contributed by atoms with Gasteiger partial charge >= 0.3 is 0 Å². The molecule has 0 aromatic heterocycles. The summed E-state index contributed by atoms with van der Waals surface area (Å²) >= 11 is 5.28. The van der Waals surface area contributed by atoms with Crippen LogP contribution in [0.3, 0.4) is 0 Å². The number of nitrogens with zero attached hydrogens (tertiary/aromatic N) is 1. The van der Waals surface area contributed by atoms with Crippen LogP contribution in [0.1, 0.15) is 12.5 Å². The summed E-state index contributed by atoms with van der Waals surface area (Å²) in [7, 11) is 3.45. The lowest BCUT2D eigenvalue weighted by Gasteiger charge is -2.18. The van der Waals surface area contributed by atoms with Crippen LogP contribution in [0.15, 0.2) is 18.2 Å². The average molecular weight is 225 g/mol. The zero-order chi connectivity index (χ0) is 11.4. The van der Waals surface area contributed by atoms with Crippen LogP contribution in [-0.4, -0.2) is 35.7 Å². The average Bonchev–Trinajstić information content (AvgIpc) is 2.27. The van der Waals surface area contributed by atoms with Gasteiger partial charge in [0, 0.05) is 19.2 Å². The van der Waals surface area contributed by atoms with E-state index in [2.05, 4.69) is 0 Å². The van der Waals surface area contributed by atoms with Gasteiger partial charge in [0.05, 0.1) is 7.11 Å². The molecule has 15 heavy (non-hydrogen) atoms. The van der Waals surface area contributed by atoms with Crippen molar-refractivity contribution in [2.75, 3.05) is 20.7 Å². The molecule has 0 aliphatic carbocycles. The summed E-state index contributed by atoms with van der Waals surface area (Å²) in [5.41, 5.74) is 0.879. The molecular weight excluding hydrogens is 210 g/mol. The van der Waals surface area contributed by atoms with E-state index in [1.807, 2.05) is 18.9 Å². The molecule has 1 aromatic rings. The van der Waals surface area contributed by atoms with Gasteiger partial charge in [0.1, 0.15) is 4.99 Å². The van der Waals surface area contributed by atoms with Crippen molar-refractivity contribution in [1.29, 1.82) is 0 Å². The van der Waals surface area contributed by atoms with E-state index in [0.29, 0.717) is 5.75 Å². The van der Waals surface area contributed by atoms with Crippen LogP contribution in [0, 0.1) is 0 Å². The molecule has 0 unspecified atom stereocenters. The summed E-state index contributed by atoms with van der Waals surface area (Å²) in [5.74, 6) is 0.572. The maximum atomic E-state index is 9.43. The van der Waals surface area contributed by atoms with Gasteiger partial charge < -0.3 is 14.7 Å². The monoisotopic (exact) mass is 225 g/mol. The largest absolute Gasteiger partial charge is 0.504 e. The van der Waals surface area contributed by atoms with Gasteiger partial charge in [0.25, 0.3) is 0 Å². The minimum atomic E-state index is 0.128. The van der Waals surface area contributed by atoms with Gasteiger partial charge in [0.15, 0.2) is 11.5 Å². The first-order chi connectivity index (χ1) is 7.10. The summed E-state index contributed by atoms with van der Waals surface area (Å²) in [6, 6.07) is 5.11. The molecule has 0 radical (unpaired) electrons. The molecule has 3 nitrogen and oxygen atoms in total. The van der Waals surface area contributed by atoms with Crippen LogP contribution in [0.25, 0.3) is 0 Å². The number of phenols is 1. The van der Waals surface area contributed by atoms with Crippen molar-refractivity contribution in [1.82, 2.24) is 4.90 Å². The van der Waals surface area contributed by atoms with Crippen molar-refractivity contribution >= 4 is 17.2 Å². The Hall–Kier alpha value is -1.29. The van der Waals surface area contributed by atoms with Crippen molar-refractivity contribution in [3.8, 4) is 11.5 Å². The van der Waals surface area contributed by atoms with E-state index in [1.165, 1.54) is 7.11 Å². The Bertz CT molecular complexity index is 366. The molecule has 1 rings (SSSR count). The summed E-state index contributed by atoms with van der Waals surface area (Å²) in [6.07, 6.45) is 0. The molecule has 0 bridgehead atoms. The summed E-state index contributed by atoms with van der Waals surface area (Å²) in [4.78, 5) is 2.71. The molecule has 0 spiro atoms. The first-order valence-electron chi connectivity index (χ1n) is 4.72. The predicted molar refractivity (Wildman–Crippen MR) is 64.7 cm³/mol. The summed E-state index contributed by atoms with van der Waals surface area (Å²) in [6.45, 7) is 2.88. The normalized spacial score (nSPS) is 9.80. The smallest absolute Gasteiger partial charge is 0.161 e. The molecule has 0 aliphatic rings. The Kier molecular flexibility index (Phi) is 3.91. The van der Waals surface area contributed by atoms with Crippen LogP contribution in [-0.2, 0) is 0 Å². The van der Waals surface area contributed by atoms with Crippen molar-refractivity contribution in [3.63, 3.8) is 0 Å². The third-order valence-electron chi connectivity index (χ3n) is 2.25. The number of ether oxygens (including phenoxy) is 1. The number of phenolic OH excluding ortho intramolecular Hbond substituents is 1. The van der Waals surface area contributed by atoms with Crippen molar-refractivity contribution < 1.29 is 9.84 Å². The molecule has 0 amide bonds. The lowest BCUT2D eigenvalue weighted by Crippen LogP contribution is -2.25. The standard InChI is InChI=1S/C11H15NO2S/c1-4-12(2)11(15)8-5-6-9(13)10(7-8)14-3/h5-7,13H,4H2,1-3H3. The highest BCUT2D eigenvalue weighted by Crippen LogP contribution is 2.26. The van der Waals surface area contributed by atoms with E-state index in [0.717, 1.165) is 17.1 Å². The second kappa shape index (κ2) is 4.98. The minimum Gasteiger partial charge on any atom is -0.504 e. The first-order valence-corrected chi connectivity index (χ1v) is 5.13. The van der Waals surface area contributed by atoms with E-state index in [-0.39, 0.29) is 5.75 Å². The number of rotatable bonds is 3. The van der Waals surface area contributed by atoms with Gasteiger partial charge in [-0.3, -0.25) is 0 Å². The highest BCUT2D eigenvalue weighted by molar-refractivity contribution is 7.80. The Labute approximate surface area is 95.3 Å². The zero-order valence-corrected chi connectivity index (χ0v) is 9.97. The van der Waals surface area contributed by atoms with E-state index in [1.54, 1.807) is 18.2 Å². The molecule has 0 saturated heterocycles. The number of thiocarbonyl (C=S) groups is 1. The molecule has 0 saturated carbocycles. The number of hydrogen-bond acceptors (Lipinski definition) is 3. The molecule has 0 atom stereocenters. The number of hydrogen-bond donors (Lipinski definition) is 1. The molecular formula is C11H15NO2S. The van der Waals surface area contributed by atoms with Crippen LogP contribution >= 0.6 is 12.2 Å². The molecule has 0 heterocycles. The third-order valence-corrected chi connectivity index (χ3v) is 2.80. The van der Waals surface area contributed by atoms with Gasteiger partial charge in [-0.2, -0.15) is 0 Å².